The van der Waals surface area contributed by atoms with Crippen molar-refractivity contribution in [3.63, 3.8) is 0 Å². The second-order valence-electron chi connectivity index (χ2n) is 2.20. The van der Waals surface area contributed by atoms with Gasteiger partial charge in [-0.1, -0.05) is 11.6 Å². The zero-order valence-corrected chi connectivity index (χ0v) is 7.12. The van der Waals surface area contributed by atoms with Crippen LogP contribution >= 0.6 is 22.9 Å². The third kappa shape index (κ3) is 1.06. The monoisotopic (exact) mass is 184 g/mol. The lowest BCUT2D eigenvalue weighted by molar-refractivity contribution is 1.50. The van der Waals surface area contributed by atoms with Crippen LogP contribution in [0, 0.1) is 0 Å². The molecule has 0 bridgehead atoms. The van der Waals surface area contributed by atoms with Gasteiger partial charge in [0, 0.05) is 5.69 Å². The first kappa shape index (κ1) is 6.88. The summed E-state index contributed by atoms with van der Waals surface area (Å²) in [6.45, 7) is 0. The Balaban J connectivity index is 2.91. The maximum atomic E-state index is 5.87. The number of rotatable bonds is 0. The highest BCUT2D eigenvalue weighted by Gasteiger charge is 2.01. The Bertz CT molecular complexity index is 396. The zero-order chi connectivity index (χ0) is 7.84. The lowest BCUT2D eigenvalue weighted by atomic mass is 10.3. The Labute approximate surface area is 72.6 Å². The van der Waals surface area contributed by atoms with E-state index < -0.39 is 0 Å². The Morgan fingerprint density at radius 3 is 3.09 bits per heavy atom. The van der Waals surface area contributed by atoms with Gasteiger partial charge in [0.2, 0.25) is 0 Å². The lowest BCUT2D eigenvalue weighted by Crippen LogP contribution is -1.83. The summed E-state index contributed by atoms with van der Waals surface area (Å²) in [7, 11) is 0. The minimum absolute atomic E-state index is 0.626. The molecule has 0 radical (unpaired) electrons. The smallest absolute Gasteiger partial charge is 0.0999 e. The Hall–Kier alpha value is -0.800. The van der Waals surface area contributed by atoms with Crippen LogP contribution in [0.1, 0.15) is 0 Å². The van der Waals surface area contributed by atoms with E-state index in [9.17, 15) is 0 Å². The van der Waals surface area contributed by atoms with E-state index in [1.165, 1.54) is 0 Å². The van der Waals surface area contributed by atoms with E-state index in [0.29, 0.717) is 10.7 Å². The first-order valence-corrected chi connectivity index (χ1v) is 4.31. The van der Waals surface area contributed by atoms with Gasteiger partial charge < -0.3 is 5.73 Å². The van der Waals surface area contributed by atoms with E-state index in [2.05, 4.69) is 4.98 Å². The van der Waals surface area contributed by atoms with Crippen molar-refractivity contribution < 1.29 is 0 Å². The molecule has 2 N–H and O–H groups in total. The van der Waals surface area contributed by atoms with Gasteiger partial charge in [0.25, 0.3) is 0 Å². The van der Waals surface area contributed by atoms with Crippen LogP contribution in [0.4, 0.5) is 5.69 Å². The fraction of sp³-hybridized carbons (Fsp3) is 0. The average molecular weight is 185 g/mol. The van der Waals surface area contributed by atoms with Crippen molar-refractivity contribution in [1.29, 1.82) is 0 Å². The van der Waals surface area contributed by atoms with Crippen LogP contribution in [-0.2, 0) is 0 Å². The number of thiazole rings is 1. The minimum Gasteiger partial charge on any atom is -0.399 e. The predicted octanol–water partition coefficient (Wildman–Crippen LogP) is 2.53. The average Bonchev–Trinajstić information content (AvgIpc) is 2.34. The quantitative estimate of drug-likeness (QED) is 0.639. The number of halogens is 1. The van der Waals surface area contributed by atoms with Crippen LogP contribution in [0.5, 0.6) is 0 Å². The van der Waals surface area contributed by atoms with Crippen molar-refractivity contribution in [2.24, 2.45) is 0 Å². The molecule has 1 aromatic carbocycles. The molecule has 0 aliphatic rings. The van der Waals surface area contributed by atoms with Gasteiger partial charge >= 0.3 is 0 Å². The third-order valence-electron chi connectivity index (χ3n) is 1.41. The summed E-state index contributed by atoms with van der Waals surface area (Å²) in [5.41, 5.74) is 8.86. The van der Waals surface area contributed by atoms with Crippen LogP contribution in [0.2, 0.25) is 5.02 Å². The number of aromatic nitrogens is 1. The number of nitrogens with two attached hydrogens (primary N) is 1. The Kier molecular flexibility index (Phi) is 1.47. The van der Waals surface area contributed by atoms with E-state index in [-0.39, 0.29) is 0 Å². The van der Waals surface area contributed by atoms with E-state index in [1.54, 1.807) is 22.9 Å². The molecular formula is C7H5ClN2S. The molecule has 1 heterocycles. The van der Waals surface area contributed by atoms with Gasteiger partial charge in [-0.2, -0.15) is 0 Å². The standard InChI is InChI=1S/C7H5ClN2S/c8-5-1-4(9)2-6-7(5)10-3-11-6/h1-3H,9H2. The van der Waals surface area contributed by atoms with Crippen LogP contribution in [0.15, 0.2) is 17.6 Å². The normalized spacial score (nSPS) is 10.6. The molecule has 2 aromatic rings. The summed E-state index contributed by atoms with van der Waals surface area (Å²) in [4.78, 5) is 4.09. The van der Waals surface area contributed by atoms with Crippen molar-refractivity contribution in [2.75, 3.05) is 5.73 Å². The maximum absolute atomic E-state index is 5.87. The molecule has 1 aromatic heterocycles. The maximum Gasteiger partial charge on any atom is 0.0999 e. The molecule has 0 saturated carbocycles. The highest BCUT2D eigenvalue weighted by atomic mass is 35.5. The summed E-state index contributed by atoms with van der Waals surface area (Å²) in [6.07, 6.45) is 0. The van der Waals surface area contributed by atoms with Crippen LogP contribution in [-0.4, -0.2) is 4.98 Å². The topological polar surface area (TPSA) is 38.9 Å². The summed E-state index contributed by atoms with van der Waals surface area (Å²) in [6, 6.07) is 3.59. The SMILES string of the molecule is Nc1cc(Cl)c2ncsc2c1. The van der Waals surface area contributed by atoms with Gasteiger partial charge in [-0.15, -0.1) is 11.3 Å². The predicted molar refractivity (Wildman–Crippen MR) is 49.0 cm³/mol. The Morgan fingerprint density at radius 1 is 1.45 bits per heavy atom. The van der Waals surface area contributed by atoms with Gasteiger partial charge in [-0.3, -0.25) is 0 Å². The number of fused-ring (bicyclic) bond motifs is 1. The van der Waals surface area contributed by atoms with E-state index in [1.807, 2.05) is 6.07 Å². The second-order valence-corrected chi connectivity index (χ2v) is 3.50. The molecule has 0 aliphatic carbocycles. The van der Waals surface area contributed by atoms with Crippen molar-refractivity contribution >= 4 is 38.8 Å². The van der Waals surface area contributed by atoms with E-state index in [4.69, 9.17) is 17.3 Å². The van der Waals surface area contributed by atoms with Crippen molar-refractivity contribution in [2.45, 2.75) is 0 Å². The number of hydrogen-bond acceptors (Lipinski definition) is 3. The molecule has 0 aliphatic heterocycles. The van der Waals surface area contributed by atoms with Crippen molar-refractivity contribution in [3.05, 3.63) is 22.7 Å². The molecule has 4 heteroatoms. The zero-order valence-electron chi connectivity index (χ0n) is 5.54. The third-order valence-corrected chi connectivity index (χ3v) is 2.48. The van der Waals surface area contributed by atoms with E-state index in [0.717, 1.165) is 10.2 Å². The van der Waals surface area contributed by atoms with Gasteiger partial charge in [-0.25, -0.2) is 4.98 Å². The van der Waals surface area contributed by atoms with Crippen LogP contribution in [0.3, 0.4) is 0 Å². The molecule has 56 valence electrons. The van der Waals surface area contributed by atoms with Gasteiger partial charge in [-0.05, 0) is 12.1 Å². The molecule has 0 saturated heterocycles. The first-order valence-electron chi connectivity index (χ1n) is 3.05. The van der Waals surface area contributed by atoms with Crippen molar-refractivity contribution in [1.82, 2.24) is 4.98 Å². The molecule has 0 amide bonds. The van der Waals surface area contributed by atoms with Gasteiger partial charge in [0.1, 0.15) is 0 Å². The first-order chi connectivity index (χ1) is 5.27. The molecule has 0 fully saturated rings. The highest BCUT2D eigenvalue weighted by Crippen LogP contribution is 2.27. The molecule has 11 heavy (non-hydrogen) atoms. The fourth-order valence-electron chi connectivity index (χ4n) is 0.945. The summed E-state index contributed by atoms with van der Waals surface area (Å²) >= 11 is 7.41. The molecule has 0 unspecified atom stereocenters. The lowest BCUT2D eigenvalue weighted by Gasteiger charge is -1.94. The largest absolute Gasteiger partial charge is 0.399 e. The van der Waals surface area contributed by atoms with Crippen molar-refractivity contribution in [3.8, 4) is 0 Å². The summed E-state index contributed by atoms with van der Waals surface area (Å²) < 4.78 is 1.04. The summed E-state index contributed by atoms with van der Waals surface area (Å²) in [5, 5.41) is 0.626. The van der Waals surface area contributed by atoms with Crippen LogP contribution < -0.4 is 5.73 Å². The molecule has 2 nitrogen and oxygen atoms in total. The molecule has 2 rings (SSSR count). The Morgan fingerprint density at radius 2 is 2.27 bits per heavy atom. The molecule has 0 atom stereocenters. The second kappa shape index (κ2) is 2.36. The number of hydrogen-bond donors (Lipinski definition) is 1. The number of nitrogens with zero attached hydrogens (tertiary/aromatic N) is 1. The summed E-state index contributed by atoms with van der Waals surface area (Å²) in [5.74, 6) is 0. The van der Waals surface area contributed by atoms with Crippen LogP contribution in [0.25, 0.3) is 10.2 Å². The molecule has 0 spiro atoms. The minimum atomic E-state index is 0.626. The fourth-order valence-corrected chi connectivity index (χ4v) is 2.03. The van der Waals surface area contributed by atoms with Gasteiger partial charge in [0.15, 0.2) is 0 Å². The van der Waals surface area contributed by atoms with E-state index >= 15 is 0 Å². The number of anilines is 1. The molecular weight excluding hydrogens is 180 g/mol. The number of nitrogen functional groups attached to an aromatic ring is 1. The highest BCUT2D eigenvalue weighted by molar-refractivity contribution is 7.16. The van der Waals surface area contributed by atoms with Gasteiger partial charge in [0.05, 0.1) is 20.7 Å². The number of benzene rings is 1.